The van der Waals surface area contributed by atoms with Gasteiger partial charge in [-0.2, -0.15) is 0 Å². The molecule has 0 saturated heterocycles. The molecule has 0 aliphatic rings. The van der Waals surface area contributed by atoms with Crippen molar-refractivity contribution in [3.8, 4) is 5.75 Å². The SMILES string of the molecule is COc1ccc(N(C)c2ncccn2)cc1N. The van der Waals surface area contributed by atoms with Crippen molar-refractivity contribution in [2.45, 2.75) is 0 Å². The summed E-state index contributed by atoms with van der Waals surface area (Å²) in [4.78, 5) is 10.2. The van der Waals surface area contributed by atoms with E-state index in [1.165, 1.54) is 0 Å². The van der Waals surface area contributed by atoms with Crippen LogP contribution in [0.2, 0.25) is 0 Å². The number of anilines is 3. The molecular formula is C12H14N4O. The fourth-order valence-electron chi connectivity index (χ4n) is 1.51. The molecular weight excluding hydrogens is 216 g/mol. The predicted molar refractivity (Wildman–Crippen MR) is 67.5 cm³/mol. The summed E-state index contributed by atoms with van der Waals surface area (Å²) in [6.07, 6.45) is 3.40. The van der Waals surface area contributed by atoms with Gasteiger partial charge in [-0.15, -0.1) is 0 Å². The Kier molecular flexibility index (Phi) is 3.09. The van der Waals surface area contributed by atoms with Crippen LogP contribution in [0.1, 0.15) is 0 Å². The maximum atomic E-state index is 5.86. The molecule has 2 aromatic rings. The molecule has 1 aromatic heterocycles. The van der Waals surface area contributed by atoms with Gasteiger partial charge in [0.05, 0.1) is 12.8 Å². The maximum absolute atomic E-state index is 5.86. The molecule has 0 unspecified atom stereocenters. The van der Waals surface area contributed by atoms with Crippen LogP contribution in [0.15, 0.2) is 36.7 Å². The third-order valence-corrected chi connectivity index (χ3v) is 2.45. The van der Waals surface area contributed by atoms with E-state index in [1.807, 2.05) is 30.1 Å². The van der Waals surface area contributed by atoms with Gasteiger partial charge in [0.15, 0.2) is 0 Å². The zero-order valence-corrected chi connectivity index (χ0v) is 9.79. The second-order valence-corrected chi connectivity index (χ2v) is 3.53. The Morgan fingerprint density at radius 3 is 2.53 bits per heavy atom. The van der Waals surface area contributed by atoms with Crippen molar-refractivity contribution in [3.05, 3.63) is 36.7 Å². The highest BCUT2D eigenvalue weighted by Gasteiger charge is 2.08. The number of aromatic nitrogens is 2. The molecule has 0 saturated carbocycles. The van der Waals surface area contributed by atoms with Crippen LogP contribution in [0.4, 0.5) is 17.3 Å². The quantitative estimate of drug-likeness (QED) is 0.815. The summed E-state index contributed by atoms with van der Waals surface area (Å²) in [6.45, 7) is 0. The van der Waals surface area contributed by atoms with Gasteiger partial charge < -0.3 is 15.4 Å². The largest absolute Gasteiger partial charge is 0.495 e. The Balaban J connectivity index is 2.32. The van der Waals surface area contributed by atoms with Gasteiger partial charge in [-0.1, -0.05) is 0 Å². The first kappa shape index (κ1) is 11.2. The highest BCUT2D eigenvalue weighted by molar-refractivity contribution is 5.66. The molecule has 1 heterocycles. The van der Waals surface area contributed by atoms with E-state index in [1.54, 1.807) is 25.6 Å². The number of rotatable bonds is 3. The highest BCUT2D eigenvalue weighted by Crippen LogP contribution is 2.28. The van der Waals surface area contributed by atoms with Gasteiger partial charge in [-0.3, -0.25) is 0 Å². The molecule has 2 N–H and O–H groups in total. The first-order valence-corrected chi connectivity index (χ1v) is 5.16. The van der Waals surface area contributed by atoms with Crippen molar-refractivity contribution in [1.29, 1.82) is 0 Å². The van der Waals surface area contributed by atoms with Gasteiger partial charge in [0.2, 0.25) is 5.95 Å². The van der Waals surface area contributed by atoms with Crippen LogP contribution < -0.4 is 15.4 Å². The predicted octanol–water partition coefficient (Wildman–Crippen LogP) is 1.84. The van der Waals surface area contributed by atoms with E-state index < -0.39 is 0 Å². The second-order valence-electron chi connectivity index (χ2n) is 3.53. The van der Waals surface area contributed by atoms with Crippen molar-refractivity contribution < 1.29 is 4.74 Å². The molecule has 5 heteroatoms. The zero-order chi connectivity index (χ0) is 12.3. The lowest BCUT2D eigenvalue weighted by molar-refractivity contribution is 0.417. The minimum atomic E-state index is 0.591. The molecule has 1 aromatic carbocycles. The van der Waals surface area contributed by atoms with Crippen molar-refractivity contribution in [2.75, 3.05) is 24.8 Å². The molecule has 0 bridgehead atoms. The number of hydrogen-bond acceptors (Lipinski definition) is 5. The number of methoxy groups -OCH3 is 1. The average molecular weight is 230 g/mol. The smallest absolute Gasteiger partial charge is 0.229 e. The lowest BCUT2D eigenvalue weighted by Crippen LogP contribution is -2.12. The van der Waals surface area contributed by atoms with Crippen molar-refractivity contribution in [3.63, 3.8) is 0 Å². The van der Waals surface area contributed by atoms with Gasteiger partial charge in [-0.25, -0.2) is 9.97 Å². The van der Waals surface area contributed by atoms with Crippen molar-refractivity contribution in [2.24, 2.45) is 0 Å². The van der Waals surface area contributed by atoms with Crippen LogP contribution in [-0.4, -0.2) is 24.1 Å². The number of nitrogens with two attached hydrogens (primary N) is 1. The minimum Gasteiger partial charge on any atom is -0.495 e. The van der Waals surface area contributed by atoms with E-state index in [-0.39, 0.29) is 0 Å². The highest BCUT2D eigenvalue weighted by atomic mass is 16.5. The molecule has 0 radical (unpaired) electrons. The summed E-state index contributed by atoms with van der Waals surface area (Å²) < 4.78 is 5.11. The Hall–Kier alpha value is -2.30. The molecule has 2 rings (SSSR count). The van der Waals surface area contributed by atoms with E-state index >= 15 is 0 Å². The molecule has 0 fully saturated rings. The Bertz CT molecular complexity index is 501. The first-order valence-electron chi connectivity index (χ1n) is 5.16. The molecule has 88 valence electrons. The van der Waals surface area contributed by atoms with E-state index in [4.69, 9.17) is 10.5 Å². The summed E-state index contributed by atoms with van der Waals surface area (Å²) >= 11 is 0. The summed E-state index contributed by atoms with van der Waals surface area (Å²) in [5.74, 6) is 1.29. The third kappa shape index (κ3) is 2.28. The zero-order valence-electron chi connectivity index (χ0n) is 9.79. The van der Waals surface area contributed by atoms with Crippen LogP contribution in [0, 0.1) is 0 Å². The molecule has 0 aliphatic carbocycles. The lowest BCUT2D eigenvalue weighted by atomic mass is 10.2. The van der Waals surface area contributed by atoms with Crippen LogP contribution in [-0.2, 0) is 0 Å². The summed E-state index contributed by atoms with van der Waals surface area (Å²) in [5, 5.41) is 0. The lowest BCUT2D eigenvalue weighted by Gasteiger charge is -2.17. The fraction of sp³-hybridized carbons (Fsp3) is 0.167. The van der Waals surface area contributed by atoms with Crippen LogP contribution in [0.3, 0.4) is 0 Å². The van der Waals surface area contributed by atoms with Crippen LogP contribution >= 0.6 is 0 Å². The van der Waals surface area contributed by atoms with E-state index in [9.17, 15) is 0 Å². The molecule has 0 aliphatic heterocycles. The van der Waals surface area contributed by atoms with Gasteiger partial charge in [0, 0.05) is 25.1 Å². The number of ether oxygens (including phenoxy) is 1. The van der Waals surface area contributed by atoms with E-state index in [0.717, 1.165) is 5.69 Å². The number of nitrogens with zero attached hydrogens (tertiary/aromatic N) is 3. The molecule has 0 atom stereocenters. The summed E-state index contributed by atoms with van der Waals surface area (Å²) in [6, 6.07) is 7.34. The van der Waals surface area contributed by atoms with Gasteiger partial charge in [0.1, 0.15) is 5.75 Å². The normalized spacial score (nSPS) is 10.0. The van der Waals surface area contributed by atoms with Gasteiger partial charge in [-0.05, 0) is 24.3 Å². The number of hydrogen-bond donors (Lipinski definition) is 1. The minimum absolute atomic E-state index is 0.591. The topological polar surface area (TPSA) is 64.3 Å². The standard InChI is InChI=1S/C12H14N4O/c1-16(12-14-6-3-7-15-12)9-4-5-11(17-2)10(13)8-9/h3-8H,13H2,1-2H3. The molecule has 5 nitrogen and oxygen atoms in total. The van der Waals surface area contributed by atoms with Crippen LogP contribution in [0.5, 0.6) is 5.75 Å². The number of benzene rings is 1. The third-order valence-electron chi connectivity index (χ3n) is 2.45. The monoisotopic (exact) mass is 230 g/mol. The maximum Gasteiger partial charge on any atom is 0.229 e. The molecule has 0 amide bonds. The Morgan fingerprint density at radius 1 is 1.24 bits per heavy atom. The van der Waals surface area contributed by atoms with Gasteiger partial charge >= 0.3 is 0 Å². The second kappa shape index (κ2) is 4.69. The molecule has 0 spiro atoms. The van der Waals surface area contributed by atoms with Crippen LogP contribution in [0.25, 0.3) is 0 Å². The van der Waals surface area contributed by atoms with E-state index in [0.29, 0.717) is 17.4 Å². The summed E-state index contributed by atoms with van der Waals surface area (Å²) in [7, 11) is 3.48. The fourth-order valence-corrected chi connectivity index (χ4v) is 1.51. The number of nitrogen functional groups attached to an aromatic ring is 1. The summed E-state index contributed by atoms with van der Waals surface area (Å²) in [5.41, 5.74) is 7.36. The van der Waals surface area contributed by atoms with Gasteiger partial charge in [0.25, 0.3) is 0 Å². The Labute approximate surface area is 99.9 Å². The average Bonchev–Trinajstić information content (AvgIpc) is 2.39. The molecule has 17 heavy (non-hydrogen) atoms. The van der Waals surface area contributed by atoms with Crippen molar-refractivity contribution >= 4 is 17.3 Å². The van der Waals surface area contributed by atoms with E-state index in [2.05, 4.69) is 9.97 Å². The Morgan fingerprint density at radius 2 is 1.94 bits per heavy atom. The van der Waals surface area contributed by atoms with Crippen molar-refractivity contribution in [1.82, 2.24) is 9.97 Å². The first-order chi connectivity index (χ1) is 8.22.